The number of benzene rings is 1. The lowest BCUT2D eigenvalue weighted by Crippen LogP contribution is -2.50. The first-order valence-electron chi connectivity index (χ1n) is 13.3. The molecule has 5 rings (SSSR count). The molecule has 1 amide bonds. The fraction of sp³-hybridized carbons (Fsp3) is 0.571. The molecule has 2 aliphatic heterocycles. The highest BCUT2D eigenvalue weighted by atomic mass is 32.2. The number of anilines is 1. The molecule has 7 nitrogen and oxygen atoms in total. The molecule has 1 aromatic heterocycles. The van der Waals surface area contributed by atoms with E-state index in [1.165, 1.54) is 48.3 Å². The third-order valence-corrected chi connectivity index (χ3v) is 11.4. The molecule has 37 heavy (non-hydrogen) atoms. The summed E-state index contributed by atoms with van der Waals surface area (Å²) in [6.07, 6.45) is 7.52. The summed E-state index contributed by atoms with van der Waals surface area (Å²) in [5.74, 6) is 0.296. The second-order valence-electron chi connectivity index (χ2n) is 11.5. The molecule has 2 aromatic rings. The largest absolute Gasteiger partial charge is 0.330 e. The molecule has 0 saturated heterocycles. The zero-order valence-corrected chi connectivity index (χ0v) is 23.3. The van der Waals surface area contributed by atoms with E-state index in [1.807, 2.05) is 0 Å². The lowest BCUT2D eigenvalue weighted by Gasteiger charge is -2.44. The maximum atomic E-state index is 13.0. The minimum Gasteiger partial charge on any atom is -0.330 e. The molecule has 1 fully saturated rings. The number of hydrogen-bond acceptors (Lipinski definition) is 7. The van der Waals surface area contributed by atoms with Gasteiger partial charge in [0, 0.05) is 48.0 Å². The van der Waals surface area contributed by atoms with Gasteiger partial charge in [-0.15, -0.1) is 11.3 Å². The van der Waals surface area contributed by atoms with Gasteiger partial charge in [0.05, 0.1) is 22.6 Å². The molecule has 1 atom stereocenters. The Labute approximate surface area is 224 Å². The van der Waals surface area contributed by atoms with Crippen LogP contribution in [0.1, 0.15) is 79.0 Å². The van der Waals surface area contributed by atoms with Crippen LogP contribution >= 0.6 is 11.3 Å². The second-order valence-corrected chi connectivity index (χ2v) is 14.6. The molecule has 1 aromatic carbocycles. The van der Waals surface area contributed by atoms with Gasteiger partial charge in [0.15, 0.2) is 9.84 Å². The Kier molecular flexibility index (Phi) is 7.22. The highest BCUT2D eigenvalue weighted by Crippen LogP contribution is 2.42. The van der Waals surface area contributed by atoms with Gasteiger partial charge in [0.1, 0.15) is 11.1 Å². The van der Waals surface area contributed by atoms with Gasteiger partial charge in [0.2, 0.25) is 5.91 Å². The normalized spacial score (nSPS) is 22.7. The maximum absolute atomic E-state index is 13.0. The standard InChI is InChI=1S/C28H36N4O3S2/c1-28(2)12-24-23(16-32(28)15-18-6-4-3-5-7-18)22(14-30)27(36-24)31-26(33)11-19-8-9-25-21(10-19)20(13-29)17-37(25,34)35/h8-10,18,20H,3-7,11-13,15-17,29H2,1-2H3,(H,31,33). The van der Waals surface area contributed by atoms with E-state index >= 15 is 0 Å². The molecule has 9 heteroatoms. The summed E-state index contributed by atoms with van der Waals surface area (Å²) in [4.78, 5) is 17.1. The van der Waals surface area contributed by atoms with Gasteiger partial charge >= 0.3 is 0 Å². The van der Waals surface area contributed by atoms with Crippen LogP contribution in [-0.2, 0) is 34.0 Å². The molecule has 198 valence electrons. The first kappa shape index (κ1) is 26.4. The van der Waals surface area contributed by atoms with E-state index < -0.39 is 9.84 Å². The van der Waals surface area contributed by atoms with Gasteiger partial charge in [-0.1, -0.05) is 31.4 Å². The van der Waals surface area contributed by atoms with E-state index in [2.05, 4.69) is 30.1 Å². The number of carbonyl (C=O) groups is 1. The van der Waals surface area contributed by atoms with E-state index in [0.29, 0.717) is 21.0 Å². The highest BCUT2D eigenvalue weighted by molar-refractivity contribution is 7.91. The van der Waals surface area contributed by atoms with Crippen LogP contribution in [-0.4, -0.2) is 43.6 Å². The maximum Gasteiger partial charge on any atom is 0.229 e. The number of amides is 1. The van der Waals surface area contributed by atoms with Crippen molar-refractivity contribution in [3.05, 3.63) is 45.3 Å². The first-order valence-corrected chi connectivity index (χ1v) is 15.7. The average Bonchev–Trinajstić information content (AvgIpc) is 3.31. The minimum atomic E-state index is -3.31. The molecule has 1 aliphatic carbocycles. The fourth-order valence-electron chi connectivity index (χ4n) is 6.24. The molecule has 3 heterocycles. The predicted octanol–water partition coefficient (Wildman–Crippen LogP) is 4.35. The van der Waals surface area contributed by atoms with Crippen molar-refractivity contribution in [1.29, 1.82) is 5.26 Å². The number of nitrogens with zero attached hydrogens (tertiary/aromatic N) is 2. The summed E-state index contributed by atoms with van der Waals surface area (Å²) in [7, 11) is -3.31. The van der Waals surface area contributed by atoms with Gasteiger partial charge < -0.3 is 11.1 Å². The summed E-state index contributed by atoms with van der Waals surface area (Å²) in [5, 5.41) is 13.7. The van der Waals surface area contributed by atoms with Gasteiger partial charge in [-0.3, -0.25) is 9.69 Å². The Hall–Kier alpha value is -2.25. The number of hydrogen-bond donors (Lipinski definition) is 2. The predicted molar refractivity (Wildman–Crippen MR) is 146 cm³/mol. The Morgan fingerprint density at radius 2 is 2.03 bits per heavy atom. The van der Waals surface area contributed by atoms with Crippen LogP contribution in [0.2, 0.25) is 0 Å². The molecular weight excluding hydrogens is 504 g/mol. The van der Waals surface area contributed by atoms with Crippen LogP contribution in [0.15, 0.2) is 23.1 Å². The number of nitrogens with one attached hydrogen (secondary N) is 1. The summed E-state index contributed by atoms with van der Waals surface area (Å²) in [6.45, 7) is 6.62. The summed E-state index contributed by atoms with van der Waals surface area (Å²) >= 11 is 1.52. The number of rotatable bonds is 6. The minimum absolute atomic E-state index is 0.00753. The molecule has 3 aliphatic rings. The summed E-state index contributed by atoms with van der Waals surface area (Å²) < 4.78 is 24.8. The van der Waals surface area contributed by atoms with Crippen molar-refractivity contribution in [1.82, 2.24) is 4.90 Å². The lowest BCUT2D eigenvalue weighted by atomic mass is 9.84. The number of sulfone groups is 1. The Bertz CT molecular complexity index is 1350. The van der Waals surface area contributed by atoms with Crippen molar-refractivity contribution in [2.75, 3.05) is 24.2 Å². The van der Waals surface area contributed by atoms with Gasteiger partial charge in [-0.2, -0.15) is 5.26 Å². The molecule has 0 spiro atoms. The van der Waals surface area contributed by atoms with Crippen LogP contribution in [0.3, 0.4) is 0 Å². The van der Waals surface area contributed by atoms with Crippen LogP contribution in [0, 0.1) is 17.2 Å². The average molecular weight is 541 g/mol. The molecule has 1 saturated carbocycles. The van der Waals surface area contributed by atoms with Gasteiger partial charge in [-0.05, 0) is 49.8 Å². The molecule has 0 radical (unpaired) electrons. The van der Waals surface area contributed by atoms with Crippen LogP contribution in [0.5, 0.6) is 0 Å². The van der Waals surface area contributed by atoms with Crippen molar-refractivity contribution in [2.45, 2.75) is 81.7 Å². The molecule has 0 bridgehead atoms. The smallest absolute Gasteiger partial charge is 0.229 e. The first-order chi connectivity index (χ1) is 17.6. The van der Waals surface area contributed by atoms with E-state index in [4.69, 9.17) is 5.73 Å². The van der Waals surface area contributed by atoms with E-state index in [9.17, 15) is 18.5 Å². The number of nitriles is 1. The molecule has 1 unspecified atom stereocenters. The number of thiophene rings is 1. The highest BCUT2D eigenvalue weighted by Gasteiger charge is 2.38. The van der Waals surface area contributed by atoms with Crippen molar-refractivity contribution in [2.24, 2.45) is 11.7 Å². The third kappa shape index (κ3) is 5.22. The Balaban J connectivity index is 1.32. The second kappa shape index (κ2) is 10.1. The molecular formula is C28H36N4O3S2. The summed E-state index contributed by atoms with van der Waals surface area (Å²) in [5.41, 5.74) is 8.91. The molecule has 3 N–H and O–H groups in total. The van der Waals surface area contributed by atoms with Gasteiger partial charge in [-0.25, -0.2) is 8.42 Å². The number of nitrogens with two attached hydrogens (primary N) is 1. The van der Waals surface area contributed by atoms with Crippen molar-refractivity contribution in [3.8, 4) is 6.07 Å². The van der Waals surface area contributed by atoms with Crippen LogP contribution in [0.25, 0.3) is 0 Å². The fourth-order valence-corrected chi connectivity index (χ4v) is 9.52. The SMILES string of the molecule is CC1(C)Cc2sc(NC(=O)Cc3ccc4c(c3)C(CN)CS4(=O)=O)c(C#N)c2CN1CC1CCCCC1. The lowest BCUT2D eigenvalue weighted by molar-refractivity contribution is -0.115. The third-order valence-electron chi connectivity index (χ3n) is 8.38. The zero-order chi connectivity index (χ0) is 26.4. The van der Waals surface area contributed by atoms with Gasteiger partial charge in [0.25, 0.3) is 0 Å². The number of carbonyl (C=O) groups excluding carboxylic acids is 1. The Morgan fingerprint density at radius 3 is 2.73 bits per heavy atom. The van der Waals surface area contributed by atoms with E-state index in [0.717, 1.165) is 36.6 Å². The zero-order valence-electron chi connectivity index (χ0n) is 21.7. The summed E-state index contributed by atoms with van der Waals surface area (Å²) in [6, 6.07) is 7.46. The topological polar surface area (TPSA) is 116 Å². The van der Waals surface area contributed by atoms with Crippen molar-refractivity contribution >= 4 is 32.1 Å². The Morgan fingerprint density at radius 1 is 1.27 bits per heavy atom. The van der Waals surface area contributed by atoms with E-state index in [-0.39, 0.29) is 36.1 Å². The van der Waals surface area contributed by atoms with Crippen LogP contribution in [0.4, 0.5) is 5.00 Å². The van der Waals surface area contributed by atoms with E-state index in [1.54, 1.807) is 18.2 Å². The number of fused-ring (bicyclic) bond motifs is 2. The van der Waals surface area contributed by atoms with Crippen molar-refractivity contribution < 1.29 is 13.2 Å². The monoisotopic (exact) mass is 540 g/mol. The quantitative estimate of drug-likeness (QED) is 0.563. The van der Waals surface area contributed by atoms with Crippen molar-refractivity contribution in [3.63, 3.8) is 0 Å². The van der Waals surface area contributed by atoms with Crippen LogP contribution < -0.4 is 11.1 Å².